The predicted molar refractivity (Wildman–Crippen MR) is 171 cm³/mol. The van der Waals surface area contributed by atoms with Gasteiger partial charge in [-0.25, -0.2) is 4.79 Å². The van der Waals surface area contributed by atoms with Gasteiger partial charge in [-0.05, 0) is 57.5 Å². The summed E-state index contributed by atoms with van der Waals surface area (Å²) in [5.74, 6) is -5.92. The van der Waals surface area contributed by atoms with Crippen LogP contribution in [0, 0.1) is 0 Å². The molecule has 6 atom stereocenters. The highest BCUT2D eigenvalue weighted by Gasteiger charge is 2.39. The molecule has 0 aromatic rings. The number of aliphatic hydroxyl groups excluding tert-OH is 1. The minimum Gasteiger partial charge on any atom is -0.481 e. The third-order valence-electron chi connectivity index (χ3n) is 7.20. The van der Waals surface area contributed by atoms with Crippen LogP contribution < -0.4 is 38.5 Å². The molecular weight excluding hydrogens is 642 g/mol. The number of guanidine groups is 1. The molecule has 1 saturated heterocycles. The van der Waals surface area contributed by atoms with Crippen molar-refractivity contribution in [3.05, 3.63) is 0 Å². The van der Waals surface area contributed by atoms with Crippen LogP contribution >= 0.6 is 11.8 Å². The van der Waals surface area contributed by atoms with Gasteiger partial charge in [-0.15, -0.1) is 0 Å². The molecule has 0 radical (unpaired) electrons. The maximum Gasteiger partial charge on any atom is 0.326 e. The number of carboxylic acids is 2. The molecule has 0 unspecified atom stereocenters. The SMILES string of the molecule is CSCC[C@H](NC(=O)[C@@H]1CCCN1C(=O)[C@H](CCCN=C(N)N)NC(=O)[C@H](C)NC(=O)[C@H](CO)NC(=O)[C@@H](N)CCC(=O)O)C(=O)O. The summed E-state index contributed by atoms with van der Waals surface area (Å²) in [5, 5.41) is 37.5. The molecule has 0 aromatic heterocycles. The lowest BCUT2D eigenvalue weighted by molar-refractivity contribution is -0.145. The average Bonchev–Trinajstić information content (AvgIpc) is 3.51. The smallest absolute Gasteiger partial charge is 0.326 e. The maximum atomic E-state index is 13.7. The number of carbonyl (C=O) groups excluding carboxylic acids is 5. The Hall–Kier alpha value is -4.17. The number of nitrogens with two attached hydrogens (primary N) is 3. The van der Waals surface area contributed by atoms with E-state index in [1.54, 1.807) is 6.26 Å². The largest absolute Gasteiger partial charge is 0.481 e. The van der Waals surface area contributed by atoms with Crippen LogP contribution in [0.4, 0.5) is 0 Å². The van der Waals surface area contributed by atoms with Crippen molar-refractivity contribution in [2.45, 2.75) is 88.1 Å². The van der Waals surface area contributed by atoms with Gasteiger partial charge in [-0.1, -0.05) is 0 Å². The first kappa shape index (κ1) is 40.9. The standard InChI is InChI=1S/C27H47N9O10S/c1-14(32-23(42)18(13-37)35-22(41)15(28)7-8-20(38)39)21(40)33-16(5-3-10-31-27(29)30)25(44)36-11-4-6-19(36)24(43)34-17(26(45)46)9-12-47-2/h14-19,37H,3-13,28H2,1-2H3,(H,32,42)(H,33,40)(H,34,43)(H,35,41)(H,38,39)(H,45,46)(H4,29,30,31)/t14-,15-,16-,17-,18-,19-/m0/s1. The van der Waals surface area contributed by atoms with Crippen LogP contribution in [0.25, 0.3) is 0 Å². The maximum absolute atomic E-state index is 13.7. The van der Waals surface area contributed by atoms with E-state index in [0.717, 1.165) is 0 Å². The van der Waals surface area contributed by atoms with Gasteiger partial charge in [0, 0.05) is 19.5 Å². The predicted octanol–water partition coefficient (Wildman–Crippen LogP) is -3.99. The van der Waals surface area contributed by atoms with Crippen molar-refractivity contribution in [3.8, 4) is 0 Å². The van der Waals surface area contributed by atoms with E-state index in [4.69, 9.17) is 22.3 Å². The Kier molecular flexibility index (Phi) is 18.1. The molecular formula is C27H47N9O10S. The van der Waals surface area contributed by atoms with E-state index in [0.29, 0.717) is 12.2 Å². The molecule has 0 aromatic carbocycles. The topological polar surface area (TPSA) is 322 Å². The van der Waals surface area contributed by atoms with Crippen molar-refractivity contribution in [2.24, 2.45) is 22.2 Å². The Morgan fingerprint density at radius 1 is 0.915 bits per heavy atom. The Bertz CT molecular complexity index is 1150. The molecule has 0 spiro atoms. The minimum absolute atomic E-state index is 0.0435. The van der Waals surface area contributed by atoms with Crippen molar-refractivity contribution < 1.29 is 48.9 Å². The number of hydrogen-bond acceptors (Lipinski definition) is 11. The van der Waals surface area contributed by atoms with E-state index >= 15 is 0 Å². The molecule has 1 fully saturated rings. The number of amides is 5. The number of nitrogens with one attached hydrogen (secondary N) is 4. The lowest BCUT2D eigenvalue weighted by Crippen LogP contribution is -2.59. The summed E-state index contributed by atoms with van der Waals surface area (Å²) < 4.78 is 0. The number of aliphatic carboxylic acids is 2. The van der Waals surface area contributed by atoms with Gasteiger partial charge in [0.2, 0.25) is 29.5 Å². The molecule has 0 aliphatic carbocycles. The molecule has 1 aliphatic rings. The Morgan fingerprint density at radius 2 is 1.57 bits per heavy atom. The highest BCUT2D eigenvalue weighted by Crippen LogP contribution is 2.20. The van der Waals surface area contributed by atoms with Crippen molar-refractivity contribution in [2.75, 3.05) is 31.7 Å². The van der Waals surface area contributed by atoms with Crippen LogP contribution in [0.2, 0.25) is 0 Å². The van der Waals surface area contributed by atoms with E-state index in [1.165, 1.54) is 23.6 Å². The fourth-order valence-corrected chi connectivity index (χ4v) is 5.06. The number of rotatable bonds is 21. The Balaban J connectivity index is 3.01. The molecule has 0 saturated carbocycles. The highest BCUT2D eigenvalue weighted by molar-refractivity contribution is 7.98. The van der Waals surface area contributed by atoms with Crippen LogP contribution in [-0.4, -0.2) is 136 Å². The second kappa shape index (κ2) is 20.9. The van der Waals surface area contributed by atoms with Gasteiger partial charge in [-0.3, -0.25) is 33.8 Å². The number of thioether (sulfide) groups is 1. The number of carbonyl (C=O) groups is 7. The van der Waals surface area contributed by atoms with Crippen LogP contribution in [-0.2, 0) is 33.6 Å². The third-order valence-corrected chi connectivity index (χ3v) is 7.84. The van der Waals surface area contributed by atoms with Gasteiger partial charge < -0.3 is 58.7 Å². The summed E-state index contributed by atoms with van der Waals surface area (Å²) in [7, 11) is 0. The molecule has 13 N–H and O–H groups in total. The first-order chi connectivity index (χ1) is 22.1. The van der Waals surface area contributed by atoms with Crippen LogP contribution in [0.3, 0.4) is 0 Å². The van der Waals surface area contributed by atoms with E-state index < -0.39 is 90.8 Å². The van der Waals surface area contributed by atoms with Crippen molar-refractivity contribution in [1.82, 2.24) is 26.2 Å². The number of aliphatic hydroxyl groups is 1. The molecule has 1 rings (SSSR count). The summed E-state index contributed by atoms with van der Waals surface area (Å²) in [6, 6.07) is -7.34. The number of likely N-dealkylation sites (tertiary alicyclic amines) is 1. The summed E-state index contributed by atoms with van der Waals surface area (Å²) in [6.07, 6.45) is 2.42. The number of hydrogen-bond donors (Lipinski definition) is 10. The summed E-state index contributed by atoms with van der Waals surface area (Å²) in [5.41, 5.74) is 16.4. The second-order valence-corrected chi connectivity index (χ2v) is 11.9. The summed E-state index contributed by atoms with van der Waals surface area (Å²) in [4.78, 5) is 92.4. The normalized spacial score (nSPS) is 17.3. The van der Waals surface area contributed by atoms with E-state index in [1.807, 2.05) is 0 Å². The van der Waals surface area contributed by atoms with Crippen molar-refractivity contribution in [3.63, 3.8) is 0 Å². The number of carboxylic acid groups (broad SMARTS) is 2. The first-order valence-corrected chi connectivity index (χ1v) is 16.4. The number of aliphatic imine (C=N–C) groups is 1. The summed E-state index contributed by atoms with van der Waals surface area (Å²) in [6.45, 7) is 0.747. The molecule has 1 aliphatic heterocycles. The lowest BCUT2D eigenvalue weighted by Gasteiger charge is -2.30. The zero-order chi connectivity index (χ0) is 35.7. The van der Waals surface area contributed by atoms with Gasteiger partial charge in [0.05, 0.1) is 12.6 Å². The summed E-state index contributed by atoms with van der Waals surface area (Å²) >= 11 is 1.42. The van der Waals surface area contributed by atoms with Gasteiger partial charge in [0.15, 0.2) is 5.96 Å². The second-order valence-electron chi connectivity index (χ2n) is 10.9. The van der Waals surface area contributed by atoms with Gasteiger partial charge in [0.25, 0.3) is 0 Å². The molecule has 20 heteroatoms. The Morgan fingerprint density at radius 3 is 2.15 bits per heavy atom. The lowest BCUT2D eigenvalue weighted by atomic mass is 10.1. The molecule has 1 heterocycles. The van der Waals surface area contributed by atoms with Gasteiger partial charge in [-0.2, -0.15) is 11.8 Å². The third kappa shape index (κ3) is 14.4. The molecule has 5 amide bonds. The zero-order valence-electron chi connectivity index (χ0n) is 26.5. The fourth-order valence-electron chi connectivity index (χ4n) is 4.58. The van der Waals surface area contributed by atoms with Crippen molar-refractivity contribution in [1.29, 1.82) is 0 Å². The fraction of sp³-hybridized carbons (Fsp3) is 0.704. The van der Waals surface area contributed by atoms with Crippen LogP contribution in [0.5, 0.6) is 0 Å². The Labute approximate surface area is 276 Å². The van der Waals surface area contributed by atoms with E-state index in [2.05, 4.69) is 26.3 Å². The quantitative estimate of drug-likeness (QED) is 0.0312. The zero-order valence-corrected chi connectivity index (χ0v) is 27.3. The molecule has 19 nitrogen and oxygen atoms in total. The molecule has 0 bridgehead atoms. The average molecular weight is 690 g/mol. The highest BCUT2D eigenvalue weighted by atomic mass is 32.2. The van der Waals surface area contributed by atoms with Crippen LogP contribution in [0.1, 0.15) is 51.9 Å². The van der Waals surface area contributed by atoms with Crippen LogP contribution in [0.15, 0.2) is 4.99 Å². The van der Waals surface area contributed by atoms with Gasteiger partial charge >= 0.3 is 11.9 Å². The monoisotopic (exact) mass is 689 g/mol. The number of nitrogens with zero attached hydrogens (tertiary/aromatic N) is 2. The first-order valence-electron chi connectivity index (χ1n) is 15.0. The van der Waals surface area contributed by atoms with E-state index in [-0.39, 0.29) is 51.2 Å². The minimum atomic E-state index is -1.51. The van der Waals surface area contributed by atoms with Gasteiger partial charge in [0.1, 0.15) is 30.2 Å². The molecule has 266 valence electrons. The van der Waals surface area contributed by atoms with E-state index in [9.17, 15) is 43.8 Å². The molecule has 47 heavy (non-hydrogen) atoms. The van der Waals surface area contributed by atoms with Crippen molar-refractivity contribution >= 4 is 59.2 Å².